The minimum Gasteiger partial charge on any atom is -0.393 e. The first-order chi connectivity index (χ1) is 14.0. The molecule has 2 saturated heterocycles. The molecule has 2 aliphatic rings. The molecule has 13 nitrogen and oxygen atoms in total. The van der Waals surface area contributed by atoms with Crippen LogP contribution in [0.25, 0.3) is 11.2 Å². The Morgan fingerprint density at radius 2 is 1.93 bits per heavy atom. The summed E-state index contributed by atoms with van der Waals surface area (Å²) in [4.78, 5) is 11.7. The quantitative estimate of drug-likeness (QED) is 0.227. The summed E-state index contributed by atoms with van der Waals surface area (Å²) in [6, 6.07) is 0. The van der Waals surface area contributed by atoms with E-state index in [0.717, 1.165) is 17.2 Å². The van der Waals surface area contributed by atoms with Crippen LogP contribution in [0.15, 0.2) is 12.7 Å². The Balaban J connectivity index is 2.01. The molecule has 30 heavy (non-hydrogen) atoms. The van der Waals surface area contributed by atoms with Crippen molar-refractivity contribution in [3.8, 4) is 0 Å². The van der Waals surface area contributed by atoms with Crippen LogP contribution in [0.1, 0.15) is 0 Å². The smallest absolute Gasteiger partial charge is 0.283 e. The normalized spacial score (nSPS) is 44.6. The Labute approximate surface area is 172 Å². The number of alkyl halides is 2. The number of aromatic nitrogens is 4. The van der Waals surface area contributed by atoms with E-state index >= 15 is 4.39 Å². The summed E-state index contributed by atoms with van der Waals surface area (Å²) in [5.74, 6) is -3.87. The first-order valence-electron chi connectivity index (χ1n) is 8.71. The van der Waals surface area contributed by atoms with Crippen molar-refractivity contribution in [2.24, 2.45) is 0 Å². The maximum absolute atomic E-state index is 15.2. The zero-order chi connectivity index (χ0) is 22.1. The number of fused-ring (bicyclic) bond motifs is 1. The molecule has 8 N–H and O–H groups in total. The molecule has 0 bridgehead atoms. The summed E-state index contributed by atoms with van der Waals surface area (Å²) in [5, 5.41) is 57.9. The predicted octanol–water partition coefficient (Wildman–Crippen LogP) is -3.48. The molecule has 166 valence electrons. The van der Waals surface area contributed by atoms with E-state index in [0.29, 0.717) is 0 Å². The number of rotatable bonds is 3. The molecule has 0 aliphatic carbocycles. The van der Waals surface area contributed by atoms with E-state index in [1.54, 1.807) is 0 Å². The highest BCUT2D eigenvalue weighted by molar-refractivity contribution is 6.24. The number of aliphatic hydroxyl groups is 6. The molecule has 0 saturated carbocycles. The summed E-state index contributed by atoms with van der Waals surface area (Å²) in [5.41, 5.74) is 2.82. The zero-order valence-electron chi connectivity index (χ0n) is 15.1. The Kier molecular flexibility index (Phi) is 4.92. The van der Waals surface area contributed by atoms with Crippen LogP contribution in [-0.4, -0.2) is 105 Å². The molecule has 2 aromatic rings. The fourth-order valence-electron chi connectivity index (χ4n) is 3.85. The number of ether oxygens (including phenoxy) is 2. The minimum atomic E-state index is -3.78. The van der Waals surface area contributed by atoms with E-state index in [9.17, 15) is 30.6 Å². The topological polar surface area (TPSA) is 209 Å². The van der Waals surface area contributed by atoms with E-state index in [-0.39, 0.29) is 17.0 Å². The van der Waals surface area contributed by atoms with Gasteiger partial charge in [0.2, 0.25) is 5.72 Å². The summed E-state index contributed by atoms with van der Waals surface area (Å²) >= 11 is 6.11. The molecule has 0 amide bonds. The van der Waals surface area contributed by atoms with E-state index in [4.69, 9.17) is 26.8 Å². The zero-order valence-corrected chi connectivity index (χ0v) is 15.8. The third-order valence-corrected chi connectivity index (χ3v) is 6.00. The Bertz CT molecular complexity index is 962. The van der Waals surface area contributed by atoms with Crippen LogP contribution in [0.3, 0.4) is 0 Å². The Morgan fingerprint density at radius 3 is 2.57 bits per heavy atom. The molecule has 4 heterocycles. The number of hydrogen-bond donors (Lipinski definition) is 7. The van der Waals surface area contributed by atoms with Crippen LogP contribution in [0.5, 0.6) is 0 Å². The number of anilines is 1. The van der Waals surface area contributed by atoms with Crippen LogP contribution in [0.4, 0.5) is 10.2 Å². The van der Waals surface area contributed by atoms with Crippen LogP contribution in [0.2, 0.25) is 0 Å². The average Bonchev–Trinajstić information content (AvgIpc) is 3.19. The third kappa shape index (κ3) is 2.54. The van der Waals surface area contributed by atoms with Gasteiger partial charge in [-0.05, 0) is 0 Å². The molecular weight excluding hydrogens is 433 g/mol. The number of aliphatic hydroxyl groups excluding tert-OH is 4. The third-order valence-electron chi connectivity index (χ3n) is 5.46. The van der Waals surface area contributed by atoms with Gasteiger partial charge in [0.25, 0.3) is 10.9 Å². The van der Waals surface area contributed by atoms with Crippen molar-refractivity contribution < 1.29 is 44.5 Å². The van der Waals surface area contributed by atoms with E-state index in [2.05, 4.69) is 15.0 Å². The van der Waals surface area contributed by atoms with Gasteiger partial charge < -0.3 is 45.8 Å². The van der Waals surface area contributed by atoms with Crippen molar-refractivity contribution in [1.29, 1.82) is 0 Å². The summed E-state index contributed by atoms with van der Waals surface area (Å²) < 4.78 is 27.0. The molecule has 8 atom stereocenters. The maximum Gasteiger partial charge on any atom is 0.283 e. The first-order valence-corrected chi connectivity index (χ1v) is 9.09. The van der Waals surface area contributed by atoms with Gasteiger partial charge in [-0.1, -0.05) is 11.6 Å². The van der Waals surface area contributed by atoms with Gasteiger partial charge in [-0.15, -0.1) is 0 Å². The van der Waals surface area contributed by atoms with Crippen molar-refractivity contribution in [1.82, 2.24) is 19.5 Å². The van der Waals surface area contributed by atoms with Gasteiger partial charge in [0.05, 0.1) is 19.5 Å². The molecule has 0 spiro atoms. The van der Waals surface area contributed by atoms with Crippen molar-refractivity contribution in [3.63, 3.8) is 0 Å². The summed E-state index contributed by atoms with van der Waals surface area (Å²) in [6.45, 7) is -1.71. The Morgan fingerprint density at radius 1 is 1.23 bits per heavy atom. The molecule has 1 unspecified atom stereocenters. The number of imidazole rings is 1. The van der Waals surface area contributed by atoms with Gasteiger partial charge in [-0.2, -0.15) is 0 Å². The highest BCUT2D eigenvalue weighted by Crippen LogP contribution is 2.57. The first kappa shape index (κ1) is 21.5. The molecular formula is C15H19ClFN5O8. The number of nitrogens with two attached hydrogens (primary N) is 1. The van der Waals surface area contributed by atoms with Crippen LogP contribution in [-0.2, 0) is 15.2 Å². The molecule has 0 radical (unpaired) electrons. The molecule has 2 fully saturated rings. The van der Waals surface area contributed by atoms with Crippen molar-refractivity contribution in [2.75, 3.05) is 18.9 Å². The van der Waals surface area contributed by atoms with Crippen molar-refractivity contribution in [2.45, 2.75) is 47.2 Å². The Hall–Kier alpha value is -1.75. The van der Waals surface area contributed by atoms with Crippen LogP contribution < -0.4 is 5.73 Å². The van der Waals surface area contributed by atoms with E-state index in [1.807, 2.05) is 0 Å². The molecule has 2 aromatic heterocycles. The maximum atomic E-state index is 15.2. The lowest BCUT2D eigenvalue weighted by molar-refractivity contribution is -0.296. The second-order valence-electron chi connectivity index (χ2n) is 7.13. The monoisotopic (exact) mass is 451 g/mol. The summed E-state index contributed by atoms with van der Waals surface area (Å²) in [7, 11) is 0. The van der Waals surface area contributed by atoms with Gasteiger partial charge in [0.15, 0.2) is 11.5 Å². The lowest BCUT2D eigenvalue weighted by Crippen LogP contribution is -2.70. The molecule has 2 aliphatic heterocycles. The van der Waals surface area contributed by atoms with Crippen molar-refractivity contribution in [3.05, 3.63) is 12.7 Å². The highest BCUT2D eigenvalue weighted by Gasteiger charge is 2.79. The number of hydrogen-bond acceptors (Lipinski definition) is 12. The largest absolute Gasteiger partial charge is 0.393 e. The summed E-state index contributed by atoms with van der Waals surface area (Å²) in [6.07, 6.45) is -7.34. The van der Waals surface area contributed by atoms with E-state index in [1.165, 1.54) is 0 Å². The molecule has 4 rings (SSSR count). The van der Waals surface area contributed by atoms with E-state index < -0.39 is 60.4 Å². The highest BCUT2D eigenvalue weighted by atomic mass is 35.5. The lowest BCUT2D eigenvalue weighted by atomic mass is 9.86. The predicted molar refractivity (Wildman–Crippen MR) is 94.3 cm³/mol. The minimum absolute atomic E-state index is 0.0197. The second kappa shape index (κ2) is 6.88. The molecule has 15 heteroatoms. The van der Waals surface area contributed by atoms with Crippen LogP contribution in [0, 0.1) is 0 Å². The van der Waals surface area contributed by atoms with Gasteiger partial charge >= 0.3 is 0 Å². The molecule has 0 aromatic carbocycles. The number of nitrogen functional groups attached to an aromatic ring is 1. The fraction of sp³-hybridized carbons (Fsp3) is 0.667. The fourth-order valence-corrected chi connectivity index (χ4v) is 4.22. The second-order valence-corrected chi connectivity index (χ2v) is 7.68. The lowest BCUT2D eigenvalue weighted by Gasteiger charge is -2.48. The van der Waals surface area contributed by atoms with Gasteiger partial charge in [-0.25, -0.2) is 19.3 Å². The van der Waals surface area contributed by atoms with Crippen LogP contribution >= 0.6 is 11.6 Å². The average molecular weight is 452 g/mol. The standard InChI is InChI=1S/C15H19ClFN5O8/c16-15(28)13(17,27)6(1-23)30-14(15,10-9(26)8(25)5(24)2-29-10)22-4-21-7-11(18)19-3-20-12(7)22/h3-6,8-10,23-28H,1-2H2,(H2,18,19,20)/t5-,6-,8-,9+,10?,13-,14-,15-/m1/s1. The van der Waals surface area contributed by atoms with Gasteiger partial charge in [0.1, 0.15) is 42.4 Å². The SMILES string of the molecule is Nc1ncnc2c1ncn2[C@]1(C2OC[C@@H](O)[C@@H](O)[C@@H]2O)O[C@H](CO)[C@](O)(F)[C@]1(O)Cl. The van der Waals surface area contributed by atoms with Gasteiger partial charge in [0, 0.05) is 0 Å². The van der Waals surface area contributed by atoms with Crippen molar-refractivity contribution >= 4 is 28.6 Å². The number of nitrogens with zero attached hydrogens (tertiary/aromatic N) is 4. The number of halogens is 2. The van der Waals surface area contributed by atoms with Gasteiger partial charge in [-0.3, -0.25) is 4.57 Å².